The molecule has 0 unspecified atom stereocenters. The molecule has 1 atom stereocenters. The van der Waals surface area contributed by atoms with Crippen molar-refractivity contribution >= 4 is 0 Å². The number of likely N-dealkylation sites (N-methyl/N-ethyl adjacent to an activating group) is 1. The highest BCUT2D eigenvalue weighted by molar-refractivity contribution is 5.09. The summed E-state index contributed by atoms with van der Waals surface area (Å²) in [6.45, 7) is 7.03. The molecule has 0 aromatic carbocycles. The Hall–Kier alpha value is -0.0800. The molecular weight excluding hydrogens is 148 g/mol. The first-order chi connectivity index (χ1) is 5.66. The molecule has 70 valence electrons. The Kier molecular flexibility index (Phi) is 1.92. The van der Waals surface area contributed by atoms with E-state index < -0.39 is 0 Å². The number of rotatable bonds is 2. The molecular formula is C10H20N2. The second kappa shape index (κ2) is 2.71. The molecule has 2 aliphatic rings. The van der Waals surface area contributed by atoms with Gasteiger partial charge in [0.05, 0.1) is 0 Å². The van der Waals surface area contributed by atoms with E-state index >= 15 is 0 Å². The standard InChI is InChI=1S/C10H20N2/c1-8(2)12(3)9-6-11-7-10(9)4-5-10/h8-9,11H,4-7H2,1-3H3/t9-/m0/s1. The van der Waals surface area contributed by atoms with Gasteiger partial charge in [-0.25, -0.2) is 0 Å². The summed E-state index contributed by atoms with van der Waals surface area (Å²) in [7, 11) is 2.27. The number of nitrogens with zero attached hydrogens (tertiary/aromatic N) is 1. The van der Waals surface area contributed by atoms with Crippen LogP contribution < -0.4 is 5.32 Å². The maximum Gasteiger partial charge on any atom is 0.0288 e. The zero-order valence-corrected chi connectivity index (χ0v) is 8.43. The van der Waals surface area contributed by atoms with Gasteiger partial charge in [0.2, 0.25) is 0 Å². The molecule has 0 bridgehead atoms. The summed E-state index contributed by atoms with van der Waals surface area (Å²) in [6.07, 6.45) is 2.89. The zero-order valence-electron chi connectivity index (χ0n) is 8.43. The summed E-state index contributed by atoms with van der Waals surface area (Å²) in [4.78, 5) is 2.53. The van der Waals surface area contributed by atoms with Crippen molar-refractivity contribution < 1.29 is 0 Å². The minimum atomic E-state index is 0.680. The summed E-state index contributed by atoms with van der Waals surface area (Å²) in [5.41, 5.74) is 0.680. The van der Waals surface area contributed by atoms with Gasteiger partial charge in [-0.05, 0) is 39.2 Å². The second-order valence-corrected chi connectivity index (χ2v) is 4.77. The molecule has 1 aliphatic carbocycles. The predicted octanol–water partition coefficient (Wildman–Crippen LogP) is 1.08. The number of hydrogen-bond donors (Lipinski definition) is 1. The average Bonchev–Trinajstić information content (AvgIpc) is 2.62. The Morgan fingerprint density at radius 1 is 1.42 bits per heavy atom. The number of nitrogens with one attached hydrogen (secondary N) is 1. The van der Waals surface area contributed by atoms with Gasteiger partial charge in [-0.1, -0.05) is 0 Å². The fraction of sp³-hybridized carbons (Fsp3) is 1.00. The first kappa shape index (κ1) is 8.52. The van der Waals surface area contributed by atoms with E-state index in [0.717, 1.165) is 6.04 Å². The van der Waals surface area contributed by atoms with Gasteiger partial charge in [-0.15, -0.1) is 0 Å². The van der Waals surface area contributed by atoms with Crippen LogP contribution in [0.15, 0.2) is 0 Å². The van der Waals surface area contributed by atoms with Crippen molar-refractivity contribution in [3.63, 3.8) is 0 Å². The number of hydrogen-bond acceptors (Lipinski definition) is 2. The Morgan fingerprint density at radius 3 is 2.58 bits per heavy atom. The predicted molar refractivity (Wildman–Crippen MR) is 51.2 cm³/mol. The van der Waals surface area contributed by atoms with Crippen molar-refractivity contribution in [3.05, 3.63) is 0 Å². The van der Waals surface area contributed by atoms with E-state index in [9.17, 15) is 0 Å². The Balaban J connectivity index is 2.03. The van der Waals surface area contributed by atoms with Gasteiger partial charge < -0.3 is 5.32 Å². The molecule has 1 saturated carbocycles. The van der Waals surface area contributed by atoms with Crippen LogP contribution in [0.4, 0.5) is 0 Å². The zero-order chi connectivity index (χ0) is 8.77. The van der Waals surface area contributed by atoms with E-state index in [0.29, 0.717) is 11.5 Å². The third kappa shape index (κ3) is 1.17. The lowest BCUT2D eigenvalue weighted by Crippen LogP contribution is -2.42. The maximum atomic E-state index is 3.52. The van der Waals surface area contributed by atoms with Crippen molar-refractivity contribution in [2.75, 3.05) is 20.1 Å². The smallest absolute Gasteiger partial charge is 0.0288 e. The molecule has 0 amide bonds. The van der Waals surface area contributed by atoms with Crippen LogP contribution in [0.5, 0.6) is 0 Å². The van der Waals surface area contributed by atoms with Crippen LogP contribution in [0, 0.1) is 5.41 Å². The quantitative estimate of drug-likeness (QED) is 0.663. The van der Waals surface area contributed by atoms with E-state index in [4.69, 9.17) is 0 Å². The van der Waals surface area contributed by atoms with Crippen LogP contribution in [0.1, 0.15) is 26.7 Å². The van der Waals surface area contributed by atoms with Crippen LogP contribution in [0.2, 0.25) is 0 Å². The van der Waals surface area contributed by atoms with Gasteiger partial charge in [0.25, 0.3) is 0 Å². The molecule has 2 rings (SSSR count). The molecule has 1 saturated heterocycles. The molecule has 1 N–H and O–H groups in total. The summed E-state index contributed by atoms with van der Waals surface area (Å²) in [5.74, 6) is 0. The largest absolute Gasteiger partial charge is 0.315 e. The summed E-state index contributed by atoms with van der Waals surface area (Å²) in [5, 5.41) is 3.52. The van der Waals surface area contributed by atoms with Gasteiger partial charge in [0, 0.05) is 25.2 Å². The van der Waals surface area contributed by atoms with Gasteiger partial charge in [-0.2, -0.15) is 0 Å². The van der Waals surface area contributed by atoms with Gasteiger partial charge >= 0.3 is 0 Å². The molecule has 0 radical (unpaired) electrons. The van der Waals surface area contributed by atoms with E-state index in [1.165, 1.54) is 25.9 Å². The second-order valence-electron chi connectivity index (χ2n) is 4.77. The molecule has 1 aliphatic heterocycles. The van der Waals surface area contributed by atoms with Gasteiger partial charge in [-0.3, -0.25) is 4.90 Å². The first-order valence-electron chi connectivity index (χ1n) is 5.08. The monoisotopic (exact) mass is 168 g/mol. The van der Waals surface area contributed by atoms with Crippen molar-refractivity contribution in [3.8, 4) is 0 Å². The maximum absolute atomic E-state index is 3.52. The van der Waals surface area contributed by atoms with E-state index in [2.05, 4.69) is 31.1 Å². The fourth-order valence-corrected chi connectivity index (χ4v) is 2.40. The molecule has 1 spiro atoms. The van der Waals surface area contributed by atoms with Crippen molar-refractivity contribution in [1.29, 1.82) is 0 Å². The van der Waals surface area contributed by atoms with E-state index in [-0.39, 0.29) is 0 Å². The third-order valence-corrected chi connectivity index (χ3v) is 3.72. The fourth-order valence-electron chi connectivity index (χ4n) is 2.40. The lowest BCUT2D eigenvalue weighted by atomic mass is 9.98. The minimum Gasteiger partial charge on any atom is -0.315 e. The summed E-state index contributed by atoms with van der Waals surface area (Å²) < 4.78 is 0. The highest BCUT2D eigenvalue weighted by Crippen LogP contribution is 2.52. The topological polar surface area (TPSA) is 15.3 Å². The lowest BCUT2D eigenvalue weighted by molar-refractivity contribution is 0.161. The van der Waals surface area contributed by atoms with Crippen molar-refractivity contribution in [1.82, 2.24) is 10.2 Å². The van der Waals surface area contributed by atoms with Crippen LogP contribution in [-0.4, -0.2) is 37.1 Å². The first-order valence-corrected chi connectivity index (χ1v) is 5.08. The Morgan fingerprint density at radius 2 is 2.08 bits per heavy atom. The van der Waals surface area contributed by atoms with Crippen LogP contribution >= 0.6 is 0 Å². The van der Waals surface area contributed by atoms with Crippen LogP contribution in [-0.2, 0) is 0 Å². The van der Waals surface area contributed by atoms with Crippen LogP contribution in [0.25, 0.3) is 0 Å². The highest BCUT2D eigenvalue weighted by Gasteiger charge is 2.53. The third-order valence-electron chi connectivity index (χ3n) is 3.72. The minimum absolute atomic E-state index is 0.680. The Labute approximate surface area is 75.3 Å². The molecule has 1 heterocycles. The normalized spacial score (nSPS) is 32.2. The molecule has 2 heteroatoms. The summed E-state index contributed by atoms with van der Waals surface area (Å²) >= 11 is 0. The van der Waals surface area contributed by atoms with E-state index in [1.807, 2.05) is 0 Å². The van der Waals surface area contributed by atoms with Gasteiger partial charge in [0.15, 0.2) is 0 Å². The molecule has 2 fully saturated rings. The molecule has 0 aromatic rings. The SMILES string of the molecule is CC(C)N(C)[C@H]1CNCC12CC2. The average molecular weight is 168 g/mol. The van der Waals surface area contributed by atoms with Crippen LogP contribution in [0.3, 0.4) is 0 Å². The lowest BCUT2D eigenvalue weighted by Gasteiger charge is -2.32. The highest BCUT2D eigenvalue weighted by atomic mass is 15.2. The Bertz CT molecular complexity index is 173. The summed E-state index contributed by atoms with van der Waals surface area (Å²) in [6, 6.07) is 1.49. The van der Waals surface area contributed by atoms with Gasteiger partial charge in [0.1, 0.15) is 0 Å². The molecule has 2 nitrogen and oxygen atoms in total. The van der Waals surface area contributed by atoms with Crippen molar-refractivity contribution in [2.24, 2.45) is 5.41 Å². The van der Waals surface area contributed by atoms with E-state index in [1.54, 1.807) is 0 Å². The molecule has 12 heavy (non-hydrogen) atoms. The molecule has 0 aromatic heterocycles. The van der Waals surface area contributed by atoms with Crippen molar-refractivity contribution in [2.45, 2.75) is 38.8 Å².